The Morgan fingerprint density at radius 1 is 1.43 bits per heavy atom. The molecule has 0 unspecified atom stereocenters. The summed E-state index contributed by atoms with van der Waals surface area (Å²) < 4.78 is 10.6. The average molecular weight is 405 g/mol. The van der Waals surface area contributed by atoms with E-state index in [1.165, 1.54) is 0 Å². The maximum Gasteiger partial charge on any atom is 0 e. The van der Waals surface area contributed by atoms with Gasteiger partial charge in [0, 0.05) is 29.6 Å². The molecular formula is C9H9HgNaO2S. The Morgan fingerprint density at radius 3 is 2.64 bits per heavy atom. The quantitative estimate of drug-likeness (QED) is 0.566. The minimum absolute atomic E-state index is 0. The molecule has 0 spiro atoms. The second kappa shape index (κ2) is 8.05. The fraction of sp³-hybridized carbons (Fsp3) is 0.222. The SMILES string of the molecule is CCOC(=S)c1ccccc1[O][Hg].[Na]. The maximum absolute atomic E-state index is 5.34. The van der Waals surface area contributed by atoms with Gasteiger partial charge < -0.3 is 0 Å². The molecule has 1 rings (SSSR count). The summed E-state index contributed by atoms with van der Waals surface area (Å²) in [5.41, 5.74) is 0.884. The summed E-state index contributed by atoms with van der Waals surface area (Å²) in [7, 11) is 0. The molecule has 0 fully saturated rings. The Bertz CT molecular complexity index is 307. The van der Waals surface area contributed by atoms with Gasteiger partial charge in [-0.15, -0.1) is 0 Å². The zero-order chi connectivity index (χ0) is 9.68. The van der Waals surface area contributed by atoms with E-state index in [9.17, 15) is 0 Å². The summed E-state index contributed by atoms with van der Waals surface area (Å²) in [4.78, 5) is 0. The van der Waals surface area contributed by atoms with E-state index in [-0.39, 0.29) is 56.1 Å². The number of ether oxygens (including phenoxy) is 1. The predicted molar refractivity (Wildman–Crippen MR) is 56.2 cm³/mol. The molecule has 1 radical (unpaired) electrons. The number of benzene rings is 1. The fourth-order valence-corrected chi connectivity index (χ4v) is 2.24. The van der Waals surface area contributed by atoms with Crippen molar-refractivity contribution in [1.29, 1.82) is 0 Å². The Balaban J connectivity index is 0.00000169. The van der Waals surface area contributed by atoms with E-state index in [2.05, 4.69) is 0 Å². The Morgan fingerprint density at radius 2 is 2.07 bits per heavy atom. The Hall–Kier alpha value is 0.845. The zero-order valence-corrected chi connectivity index (χ0v) is 16.8. The van der Waals surface area contributed by atoms with Gasteiger partial charge in [0.25, 0.3) is 0 Å². The molecule has 0 aromatic heterocycles. The van der Waals surface area contributed by atoms with E-state index in [4.69, 9.17) is 19.6 Å². The van der Waals surface area contributed by atoms with Crippen molar-refractivity contribution in [3.63, 3.8) is 0 Å². The molecule has 0 aliphatic heterocycles. The molecule has 66 valence electrons. The summed E-state index contributed by atoms with van der Waals surface area (Å²) in [5, 5.41) is 0.517. The van der Waals surface area contributed by atoms with Crippen LogP contribution in [0.5, 0.6) is 5.75 Å². The van der Waals surface area contributed by atoms with Crippen LogP contribution in [0.1, 0.15) is 12.5 Å². The van der Waals surface area contributed by atoms with E-state index >= 15 is 0 Å². The largest absolute Gasteiger partial charge is 0 e. The van der Waals surface area contributed by atoms with E-state index < -0.39 is 0 Å². The van der Waals surface area contributed by atoms with E-state index in [0.717, 1.165) is 11.3 Å². The zero-order valence-electron chi connectivity index (χ0n) is 8.45. The molecule has 0 saturated carbocycles. The summed E-state index contributed by atoms with van der Waals surface area (Å²) in [6.07, 6.45) is 0. The third-order valence-corrected chi connectivity index (χ3v) is 3.08. The Labute approximate surface area is 128 Å². The van der Waals surface area contributed by atoms with Gasteiger partial charge in [-0.2, -0.15) is 0 Å². The number of hydrogen-bond acceptors (Lipinski definition) is 3. The fourth-order valence-electron chi connectivity index (χ4n) is 0.970. The van der Waals surface area contributed by atoms with Crippen molar-refractivity contribution in [3.8, 4) is 5.75 Å². The van der Waals surface area contributed by atoms with E-state index in [1.54, 1.807) is 0 Å². The van der Waals surface area contributed by atoms with Gasteiger partial charge >= 0.3 is 100 Å². The molecule has 0 heterocycles. The minimum atomic E-state index is 0. The standard InChI is InChI=1S/C9H10O2S.Hg.Na/c1-2-11-9(12)7-5-3-4-6-8(7)10;;/h3-6,10H,2H2,1H3;;/q;+1;/p-1. The van der Waals surface area contributed by atoms with Crippen LogP contribution in [0.15, 0.2) is 24.3 Å². The van der Waals surface area contributed by atoms with Gasteiger partial charge in [0.15, 0.2) is 0 Å². The van der Waals surface area contributed by atoms with Gasteiger partial charge in [-0.3, -0.25) is 0 Å². The minimum Gasteiger partial charge on any atom is 0 e. The number of thiocarbonyl (C=S) groups is 1. The molecule has 0 aliphatic rings. The smallest absolute Gasteiger partial charge is 0 e. The molecule has 0 atom stereocenters. The predicted octanol–water partition coefficient (Wildman–Crippen LogP) is 1.86. The van der Waals surface area contributed by atoms with Crippen LogP contribution in [-0.4, -0.2) is 41.2 Å². The first-order chi connectivity index (χ1) is 6.29. The van der Waals surface area contributed by atoms with Crippen molar-refractivity contribution in [2.24, 2.45) is 0 Å². The molecule has 0 saturated heterocycles. The molecule has 0 amide bonds. The summed E-state index contributed by atoms with van der Waals surface area (Å²) in [5.74, 6) is 0.837. The molecule has 2 nitrogen and oxygen atoms in total. The van der Waals surface area contributed by atoms with E-state index in [1.807, 2.05) is 31.2 Å². The number of rotatable bonds is 3. The second-order valence-corrected chi connectivity index (χ2v) is 3.85. The Kier molecular flexibility index (Phi) is 8.54. The van der Waals surface area contributed by atoms with Crippen molar-refractivity contribution < 1.29 is 34.0 Å². The van der Waals surface area contributed by atoms with Gasteiger partial charge in [-0.05, 0) is 0 Å². The topological polar surface area (TPSA) is 18.5 Å². The molecule has 0 N–H and O–H groups in total. The molecule has 1 aromatic carbocycles. The number of hydrogen-bond donors (Lipinski definition) is 0. The van der Waals surface area contributed by atoms with Crippen LogP contribution in [0.3, 0.4) is 0 Å². The first kappa shape index (κ1) is 14.8. The molecule has 0 bridgehead atoms. The van der Waals surface area contributed by atoms with Crippen LogP contribution in [0.25, 0.3) is 0 Å². The molecular weight excluding hydrogens is 396 g/mol. The molecule has 1 aromatic rings. The third kappa shape index (κ3) is 4.15. The van der Waals surface area contributed by atoms with Gasteiger partial charge in [0.1, 0.15) is 0 Å². The average Bonchev–Trinajstić information content (AvgIpc) is 2.18. The molecule has 5 heteroatoms. The third-order valence-electron chi connectivity index (χ3n) is 1.54. The van der Waals surface area contributed by atoms with Crippen molar-refractivity contribution in [1.82, 2.24) is 0 Å². The second-order valence-electron chi connectivity index (χ2n) is 2.36. The summed E-state index contributed by atoms with van der Waals surface area (Å²) in [6.45, 7) is 2.51. The van der Waals surface area contributed by atoms with Crippen LogP contribution in [0.4, 0.5) is 0 Å². The normalized spacial score (nSPS) is 8.79. The first-order valence-corrected chi connectivity index (χ1v) is 6.63. The van der Waals surface area contributed by atoms with Crippen molar-refractivity contribution in [2.45, 2.75) is 6.92 Å². The monoisotopic (exact) mass is 406 g/mol. The summed E-state index contributed by atoms with van der Waals surface area (Å²) in [6, 6.07) is 7.69. The van der Waals surface area contributed by atoms with Gasteiger partial charge in [0.2, 0.25) is 0 Å². The number of para-hydroxylation sites is 1. The van der Waals surface area contributed by atoms with Gasteiger partial charge in [0.05, 0.1) is 0 Å². The van der Waals surface area contributed by atoms with Crippen LogP contribution >= 0.6 is 12.2 Å². The first-order valence-electron chi connectivity index (χ1n) is 3.97. The van der Waals surface area contributed by atoms with Crippen molar-refractivity contribution >= 4 is 46.8 Å². The van der Waals surface area contributed by atoms with Crippen LogP contribution in [0, 0.1) is 0 Å². The maximum atomic E-state index is 5.34. The molecule has 14 heavy (non-hydrogen) atoms. The van der Waals surface area contributed by atoms with Crippen LogP contribution in [0.2, 0.25) is 0 Å². The van der Waals surface area contributed by atoms with Crippen molar-refractivity contribution in [3.05, 3.63) is 29.8 Å². The van der Waals surface area contributed by atoms with Crippen LogP contribution < -0.4 is 2.64 Å². The van der Waals surface area contributed by atoms with E-state index in [0.29, 0.717) is 11.7 Å². The molecule has 0 aliphatic carbocycles. The van der Waals surface area contributed by atoms with Gasteiger partial charge in [-0.25, -0.2) is 0 Å². The van der Waals surface area contributed by atoms with Crippen molar-refractivity contribution in [2.75, 3.05) is 6.61 Å². The van der Waals surface area contributed by atoms with Gasteiger partial charge in [-0.1, -0.05) is 0 Å². The summed E-state index contributed by atoms with van der Waals surface area (Å²) >= 11 is 5.37. The van der Waals surface area contributed by atoms with Crippen LogP contribution in [-0.2, 0) is 31.3 Å².